The van der Waals surface area contributed by atoms with Gasteiger partial charge in [-0.15, -0.1) is 0 Å². The van der Waals surface area contributed by atoms with Crippen molar-refractivity contribution >= 4 is 17.7 Å². The number of carbonyl (C=O) groups is 1. The van der Waals surface area contributed by atoms with Crippen molar-refractivity contribution in [1.82, 2.24) is 19.7 Å². The molecule has 8 nitrogen and oxygen atoms in total. The van der Waals surface area contributed by atoms with E-state index in [4.69, 9.17) is 4.74 Å². The molecule has 0 aromatic carbocycles. The summed E-state index contributed by atoms with van der Waals surface area (Å²) in [5.41, 5.74) is 2.08. The van der Waals surface area contributed by atoms with Gasteiger partial charge in [-0.1, -0.05) is 0 Å². The number of carbonyl (C=O) groups excluding carboxylic acids is 1. The van der Waals surface area contributed by atoms with E-state index in [1.54, 1.807) is 4.68 Å². The van der Waals surface area contributed by atoms with Crippen molar-refractivity contribution < 1.29 is 9.53 Å². The number of piperazine rings is 1. The molecule has 2 fully saturated rings. The fourth-order valence-corrected chi connectivity index (χ4v) is 3.60. The molecular weight excluding hydrogens is 344 g/mol. The van der Waals surface area contributed by atoms with Crippen LogP contribution in [-0.2, 0) is 11.8 Å². The monoisotopic (exact) mass is 370 g/mol. The van der Waals surface area contributed by atoms with Crippen LogP contribution in [0.3, 0.4) is 0 Å². The van der Waals surface area contributed by atoms with E-state index in [1.165, 1.54) is 5.56 Å². The molecule has 27 heavy (non-hydrogen) atoms. The zero-order chi connectivity index (χ0) is 18.8. The molecule has 2 aliphatic rings. The molecule has 0 aliphatic carbocycles. The lowest BCUT2D eigenvalue weighted by Gasteiger charge is -2.35. The highest BCUT2D eigenvalue weighted by Crippen LogP contribution is 2.29. The number of ether oxygens (including phenoxy) is 1. The molecule has 2 amide bonds. The first-order chi connectivity index (χ1) is 13.1. The second-order valence-corrected chi connectivity index (χ2v) is 7.18. The second kappa shape index (κ2) is 7.56. The summed E-state index contributed by atoms with van der Waals surface area (Å²) < 4.78 is 7.39. The van der Waals surface area contributed by atoms with Gasteiger partial charge in [-0.3, -0.25) is 10.00 Å². The van der Waals surface area contributed by atoms with E-state index >= 15 is 0 Å². The highest BCUT2D eigenvalue weighted by molar-refractivity contribution is 5.88. The van der Waals surface area contributed by atoms with Crippen molar-refractivity contribution in [2.45, 2.75) is 25.9 Å². The van der Waals surface area contributed by atoms with Crippen molar-refractivity contribution in [2.24, 2.45) is 7.05 Å². The molecule has 2 aromatic heterocycles. The third-order valence-electron chi connectivity index (χ3n) is 5.19. The first kappa shape index (κ1) is 17.8. The number of nitrogens with zero attached hydrogens (tertiary/aromatic N) is 5. The standard InChI is InChI=1S/C19H26N6O2/c1-14-5-6-20-17(12-14)24-7-9-25(10-8-24)19(26)21-18-13-15(22-23(18)2)16-4-3-11-27-16/h5-6,12-13,16H,3-4,7-11H2,1-2H3,(H,21,26). The zero-order valence-corrected chi connectivity index (χ0v) is 15.9. The van der Waals surface area contributed by atoms with Crippen molar-refractivity contribution in [3.05, 3.63) is 35.7 Å². The highest BCUT2D eigenvalue weighted by atomic mass is 16.5. The molecule has 0 saturated carbocycles. The van der Waals surface area contributed by atoms with Crippen LogP contribution in [0.5, 0.6) is 0 Å². The molecule has 0 bridgehead atoms. The van der Waals surface area contributed by atoms with E-state index in [-0.39, 0.29) is 12.1 Å². The number of rotatable bonds is 3. The highest BCUT2D eigenvalue weighted by Gasteiger charge is 2.25. The number of aryl methyl sites for hydroxylation is 2. The van der Waals surface area contributed by atoms with Gasteiger partial charge in [0, 0.05) is 52.1 Å². The Morgan fingerprint density at radius 2 is 2.07 bits per heavy atom. The van der Waals surface area contributed by atoms with Crippen LogP contribution in [0, 0.1) is 6.92 Å². The Bertz CT molecular complexity index is 806. The van der Waals surface area contributed by atoms with Crippen LogP contribution in [-0.4, -0.2) is 58.5 Å². The summed E-state index contributed by atoms with van der Waals surface area (Å²) in [6, 6.07) is 5.90. The lowest BCUT2D eigenvalue weighted by atomic mass is 10.2. The molecule has 1 N–H and O–H groups in total. The fraction of sp³-hybridized carbons (Fsp3) is 0.526. The van der Waals surface area contributed by atoms with E-state index < -0.39 is 0 Å². The summed E-state index contributed by atoms with van der Waals surface area (Å²) in [4.78, 5) is 21.1. The van der Waals surface area contributed by atoms with E-state index in [0.717, 1.165) is 44.0 Å². The molecule has 144 valence electrons. The molecule has 4 rings (SSSR count). The van der Waals surface area contributed by atoms with Gasteiger partial charge >= 0.3 is 6.03 Å². The van der Waals surface area contributed by atoms with Crippen molar-refractivity contribution in [1.29, 1.82) is 0 Å². The maximum atomic E-state index is 12.7. The number of pyridine rings is 1. The minimum Gasteiger partial charge on any atom is -0.372 e. The minimum absolute atomic E-state index is 0.0484. The van der Waals surface area contributed by atoms with Gasteiger partial charge in [0.25, 0.3) is 0 Å². The van der Waals surface area contributed by atoms with Crippen LogP contribution in [0.4, 0.5) is 16.4 Å². The minimum atomic E-state index is -0.0891. The van der Waals surface area contributed by atoms with E-state index in [0.29, 0.717) is 18.9 Å². The lowest BCUT2D eigenvalue weighted by molar-refractivity contribution is 0.108. The van der Waals surface area contributed by atoms with Crippen LogP contribution in [0.25, 0.3) is 0 Å². The summed E-state index contributed by atoms with van der Waals surface area (Å²) in [5, 5.41) is 7.48. The molecule has 2 saturated heterocycles. The van der Waals surface area contributed by atoms with E-state index in [9.17, 15) is 4.79 Å². The topological polar surface area (TPSA) is 75.5 Å². The van der Waals surface area contributed by atoms with Gasteiger partial charge in [-0.2, -0.15) is 5.10 Å². The molecule has 8 heteroatoms. The van der Waals surface area contributed by atoms with Gasteiger partial charge < -0.3 is 14.5 Å². The molecule has 4 heterocycles. The summed E-state index contributed by atoms with van der Waals surface area (Å²) >= 11 is 0. The Hall–Kier alpha value is -2.61. The maximum absolute atomic E-state index is 12.7. The molecule has 0 radical (unpaired) electrons. The SMILES string of the molecule is Cc1ccnc(N2CCN(C(=O)Nc3cc(C4CCCO4)nn3C)CC2)c1. The maximum Gasteiger partial charge on any atom is 0.323 e. The number of urea groups is 1. The van der Waals surface area contributed by atoms with Crippen molar-refractivity contribution in [2.75, 3.05) is 43.0 Å². The zero-order valence-electron chi connectivity index (χ0n) is 15.9. The number of anilines is 2. The summed E-state index contributed by atoms with van der Waals surface area (Å²) in [5.74, 6) is 1.68. The molecule has 2 aliphatic heterocycles. The molecule has 0 spiro atoms. The summed E-state index contributed by atoms with van der Waals surface area (Å²) in [7, 11) is 1.84. The second-order valence-electron chi connectivity index (χ2n) is 7.18. The average Bonchev–Trinajstić information content (AvgIpc) is 3.32. The third-order valence-corrected chi connectivity index (χ3v) is 5.19. The van der Waals surface area contributed by atoms with Gasteiger partial charge in [0.1, 0.15) is 17.7 Å². The van der Waals surface area contributed by atoms with Crippen LogP contribution in [0.15, 0.2) is 24.4 Å². The smallest absolute Gasteiger partial charge is 0.323 e. The summed E-state index contributed by atoms with van der Waals surface area (Å²) in [6.07, 6.45) is 3.92. The Labute approximate surface area is 159 Å². The normalized spacial score (nSPS) is 20.1. The van der Waals surface area contributed by atoms with Crippen molar-refractivity contribution in [3.8, 4) is 0 Å². The molecule has 2 aromatic rings. The summed E-state index contributed by atoms with van der Waals surface area (Å²) in [6.45, 7) is 5.72. The first-order valence-electron chi connectivity index (χ1n) is 9.49. The van der Waals surface area contributed by atoms with Crippen molar-refractivity contribution in [3.63, 3.8) is 0 Å². The average molecular weight is 370 g/mol. The quantitative estimate of drug-likeness (QED) is 0.897. The van der Waals surface area contributed by atoms with Gasteiger partial charge in [-0.25, -0.2) is 9.78 Å². The molecule has 1 unspecified atom stereocenters. The number of hydrogen-bond donors (Lipinski definition) is 1. The van der Waals surface area contributed by atoms with Gasteiger partial charge in [0.2, 0.25) is 0 Å². The molecule has 1 atom stereocenters. The Morgan fingerprint density at radius 3 is 2.78 bits per heavy atom. The van der Waals surface area contributed by atoms with Gasteiger partial charge in [-0.05, 0) is 37.5 Å². The number of aromatic nitrogens is 3. The Morgan fingerprint density at radius 1 is 1.26 bits per heavy atom. The molecular formula is C19H26N6O2. The Kier molecular flexibility index (Phi) is 4.98. The predicted octanol–water partition coefficient (Wildman–Crippen LogP) is 2.33. The van der Waals surface area contributed by atoms with E-state index in [1.807, 2.05) is 30.3 Å². The number of nitrogens with one attached hydrogen (secondary N) is 1. The predicted molar refractivity (Wildman–Crippen MR) is 103 cm³/mol. The Balaban J connectivity index is 1.34. The number of amides is 2. The van der Waals surface area contributed by atoms with E-state index in [2.05, 4.69) is 33.3 Å². The van der Waals surface area contributed by atoms with Crippen LogP contribution in [0.2, 0.25) is 0 Å². The van der Waals surface area contributed by atoms with Crippen LogP contribution in [0.1, 0.15) is 30.2 Å². The third kappa shape index (κ3) is 3.90. The fourth-order valence-electron chi connectivity index (χ4n) is 3.60. The lowest BCUT2D eigenvalue weighted by Crippen LogP contribution is -2.50. The number of hydrogen-bond acceptors (Lipinski definition) is 5. The van der Waals surface area contributed by atoms with Crippen LogP contribution >= 0.6 is 0 Å². The van der Waals surface area contributed by atoms with Gasteiger partial charge in [0.15, 0.2) is 0 Å². The first-order valence-corrected chi connectivity index (χ1v) is 9.49. The van der Waals surface area contributed by atoms with Crippen LogP contribution < -0.4 is 10.2 Å². The van der Waals surface area contributed by atoms with Gasteiger partial charge in [0.05, 0.1) is 5.69 Å². The largest absolute Gasteiger partial charge is 0.372 e.